The van der Waals surface area contributed by atoms with Crippen LogP contribution >= 0.6 is 0 Å². The third-order valence-electron chi connectivity index (χ3n) is 5.09. The first-order chi connectivity index (χ1) is 16.5. The van der Waals surface area contributed by atoms with Crippen LogP contribution in [0.3, 0.4) is 0 Å². The van der Waals surface area contributed by atoms with Crippen LogP contribution < -0.4 is 11.1 Å². The molecule has 0 saturated heterocycles. The molecular weight excluding hydrogens is 440 g/mol. The number of nitro groups is 1. The number of aromatic nitrogens is 2. The summed E-state index contributed by atoms with van der Waals surface area (Å²) in [7, 11) is 0. The Balaban J connectivity index is 1.58. The largest absolute Gasteiger partial charge is 0.462 e. The number of nitrogens with zero attached hydrogens (tertiary/aromatic N) is 2. The first kappa shape index (κ1) is 22.5. The quantitative estimate of drug-likeness (QED) is 0.224. The van der Waals surface area contributed by atoms with Gasteiger partial charge in [-0.3, -0.25) is 19.6 Å². The number of nitrogens with one attached hydrogen (secondary N) is 2. The summed E-state index contributed by atoms with van der Waals surface area (Å²) in [5.41, 5.74) is 3.26. The van der Waals surface area contributed by atoms with Gasteiger partial charge in [0.15, 0.2) is 5.82 Å². The Morgan fingerprint density at radius 1 is 1.09 bits per heavy atom. The highest BCUT2D eigenvalue weighted by Gasteiger charge is 2.22. The molecular formula is C24H20N4O6. The van der Waals surface area contributed by atoms with Gasteiger partial charge in [-0.1, -0.05) is 59.8 Å². The molecule has 1 heterocycles. The second-order valence-corrected chi connectivity index (χ2v) is 7.22. The van der Waals surface area contributed by atoms with Crippen molar-refractivity contribution in [2.75, 3.05) is 11.9 Å². The number of H-pyrrole nitrogens is 1. The fraction of sp³-hybridized carbons (Fsp3) is 0.125. The normalized spacial score (nSPS) is 10.6. The Morgan fingerprint density at radius 3 is 2.47 bits per heavy atom. The Morgan fingerprint density at radius 2 is 1.82 bits per heavy atom. The summed E-state index contributed by atoms with van der Waals surface area (Å²) in [5, 5.41) is 18.3. The molecule has 10 heteroatoms. The second-order valence-electron chi connectivity index (χ2n) is 7.22. The molecule has 0 radical (unpaired) electrons. The number of benzene rings is 3. The van der Waals surface area contributed by atoms with Crippen LogP contribution in [0, 0.1) is 10.1 Å². The number of esters is 1. The molecule has 0 amide bonds. The van der Waals surface area contributed by atoms with Gasteiger partial charge in [0.05, 0.1) is 17.1 Å². The highest BCUT2D eigenvalue weighted by Crippen LogP contribution is 2.31. The SMILES string of the molecule is CCOC(=O)c1cccc([N+](=O)[O-])c1NCc1ccc(-c2ccccc2-c2noc(=O)[nH]2)cc1. The average molecular weight is 460 g/mol. The third kappa shape index (κ3) is 4.70. The maximum Gasteiger partial charge on any atom is 0.439 e. The van der Waals surface area contributed by atoms with Crippen LogP contribution in [-0.2, 0) is 11.3 Å². The van der Waals surface area contributed by atoms with E-state index in [2.05, 4.69) is 20.0 Å². The highest BCUT2D eigenvalue weighted by molar-refractivity contribution is 5.98. The summed E-state index contributed by atoms with van der Waals surface area (Å²) in [5.74, 6) is -0.941. The molecule has 0 saturated carbocycles. The maximum absolute atomic E-state index is 12.3. The number of carbonyl (C=O) groups is 1. The second kappa shape index (κ2) is 9.82. The van der Waals surface area contributed by atoms with Crippen molar-refractivity contribution < 1.29 is 19.0 Å². The fourth-order valence-electron chi connectivity index (χ4n) is 3.54. The van der Waals surface area contributed by atoms with Crippen LogP contribution in [0.15, 0.2) is 76.0 Å². The average Bonchev–Trinajstić information content (AvgIpc) is 3.29. The van der Waals surface area contributed by atoms with Gasteiger partial charge in [0.25, 0.3) is 5.69 Å². The van der Waals surface area contributed by atoms with Crippen molar-refractivity contribution in [1.82, 2.24) is 10.1 Å². The minimum atomic E-state index is -0.636. The number of para-hydroxylation sites is 1. The van der Waals surface area contributed by atoms with Crippen molar-refractivity contribution >= 4 is 17.3 Å². The Kier molecular flexibility index (Phi) is 6.49. The van der Waals surface area contributed by atoms with Crippen LogP contribution in [0.25, 0.3) is 22.5 Å². The lowest BCUT2D eigenvalue weighted by atomic mass is 9.98. The van der Waals surface area contributed by atoms with E-state index in [0.29, 0.717) is 11.4 Å². The molecule has 2 N–H and O–H groups in total. The van der Waals surface area contributed by atoms with Gasteiger partial charge >= 0.3 is 11.7 Å². The van der Waals surface area contributed by atoms with E-state index in [0.717, 1.165) is 16.7 Å². The number of carbonyl (C=O) groups excluding carboxylic acids is 1. The number of ether oxygens (including phenoxy) is 1. The predicted molar refractivity (Wildman–Crippen MR) is 124 cm³/mol. The lowest BCUT2D eigenvalue weighted by molar-refractivity contribution is -0.384. The molecule has 34 heavy (non-hydrogen) atoms. The van der Waals surface area contributed by atoms with E-state index in [9.17, 15) is 19.7 Å². The van der Waals surface area contributed by atoms with E-state index in [-0.39, 0.29) is 30.1 Å². The zero-order chi connectivity index (χ0) is 24.1. The van der Waals surface area contributed by atoms with Gasteiger partial charge in [0.1, 0.15) is 5.69 Å². The van der Waals surface area contributed by atoms with E-state index in [1.54, 1.807) is 6.92 Å². The summed E-state index contributed by atoms with van der Waals surface area (Å²) in [4.78, 5) is 37.1. The summed E-state index contributed by atoms with van der Waals surface area (Å²) < 4.78 is 9.65. The van der Waals surface area contributed by atoms with Gasteiger partial charge < -0.3 is 10.1 Å². The molecule has 4 rings (SSSR count). The third-order valence-corrected chi connectivity index (χ3v) is 5.09. The van der Waals surface area contributed by atoms with Crippen molar-refractivity contribution in [2.45, 2.75) is 13.5 Å². The molecule has 1 aromatic heterocycles. The molecule has 172 valence electrons. The van der Waals surface area contributed by atoms with Gasteiger partial charge in [-0.15, -0.1) is 0 Å². The van der Waals surface area contributed by atoms with E-state index >= 15 is 0 Å². The van der Waals surface area contributed by atoms with Crippen molar-refractivity contribution in [3.63, 3.8) is 0 Å². The molecule has 4 aromatic rings. The predicted octanol–water partition coefficient (Wildman–Crippen LogP) is 4.39. The Hall–Kier alpha value is -4.73. The monoisotopic (exact) mass is 460 g/mol. The molecule has 0 aliphatic carbocycles. The highest BCUT2D eigenvalue weighted by atomic mass is 16.6. The molecule has 0 aliphatic heterocycles. The van der Waals surface area contributed by atoms with Gasteiger partial charge in [-0.2, -0.15) is 0 Å². The topological polar surface area (TPSA) is 140 Å². The fourth-order valence-corrected chi connectivity index (χ4v) is 3.54. The summed E-state index contributed by atoms with van der Waals surface area (Å²) >= 11 is 0. The summed E-state index contributed by atoms with van der Waals surface area (Å²) in [6.07, 6.45) is 0. The summed E-state index contributed by atoms with van der Waals surface area (Å²) in [6, 6.07) is 19.2. The lowest BCUT2D eigenvalue weighted by Gasteiger charge is -2.12. The standard InChI is InChI=1S/C24H20N4O6/c1-2-33-23(29)19-8-5-9-20(28(31)32)21(19)25-14-15-10-12-16(13-11-15)17-6-3-4-7-18(17)22-26-24(30)34-27-22/h3-13,25H,2,14H2,1H3,(H,26,27,30). The van der Waals surface area contributed by atoms with E-state index in [1.165, 1.54) is 18.2 Å². The zero-order valence-corrected chi connectivity index (χ0v) is 18.1. The van der Waals surface area contributed by atoms with E-state index in [4.69, 9.17) is 4.74 Å². The molecule has 10 nitrogen and oxygen atoms in total. The van der Waals surface area contributed by atoms with Crippen LogP contribution in [0.1, 0.15) is 22.8 Å². The molecule has 0 unspecified atom stereocenters. The van der Waals surface area contributed by atoms with Gasteiger partial charge in [0.2, 0.25) is 0 Å². The summed E-state index contributed by atoms with van der Waals surface area (Å²) in [6.45, 7) is 2.07. The number of anilines is 1. The number of nitro benzene ring substituents is 1. The minimum Gasteiger partial charge on any atom is -0.462 e. The number of aromatic amines is 1. The lowest BCUT2D eigenvalue weighted by Crippen LogP contribution is -2.11. The minimum absolute atomic E-state index is 0.100. The first-order valence-corrected chi connectivity index (χ1v) is 10.4. The van der Waals surface area contributed by atoms with Gasteiger partial charge in [-0.05, 0) is 29.7 Å². The van der Waals surface area contributed by atoms with Crippen molar-refractivity contribution in [3.8, 4) is 22.5 Å². The number of hydrogen-bond donors (Lipinski definition) is 2. The molecule has 0 bridgehead atoms. The van der Waals surface area contributed by atoms with E-state index in [1.807, 2.05) is 48.5 Å². The first-order valence-electron chi connectivity index (χ1n) is 10.4. The van der Waals surface area contributed by atoms with Crippen LogP contribution in [0.5, 0.6) is 0 Å². The van der Waals surface area contributed by atoms with Crippen molar-refractivity contribution in [3.05, 3.63) is 98.5 Å². The van der Waals surface area contributed by atoms with E-state index < -0.39 is 16.6 Å². The van der Waals surface area contributed by atoms with Gasteiger partial charge in [-0.25, -0.2) is 9.59 Å². The van der Waals surface area contributed by atoms with Crippen LogP contribution in [0.2, 0.25) is 0 Å². The maximum atomic E-state index is 12.3. The molecule has 0 atom stereocenters. The number of hydrogen-bond acceptors (Lipinski definition) is 8. The van der Waals surface area contributed by atoms with Crippen molar-refractivity contribution in [2.24, 2.45) is 0 Å². The van der Waals surface area contributed by atoms with Crippen molar-refractivity contribution in [1.29, 1.82) is 0 Å². The smallest absolute Gasteiger partial charge is 0.439 e. The molecule has 0 spiro atoms. The van der Waals surface area contributed by atoms with Gasteiger partial charge in [0, 0.05) is 18.2 Å². The Bertz CT molecular complexity index is 1390. The van der Waals surface area contributed by atoms with Crippen LogP contribution in [0.4, 0.5) is 11.4 Å². The Labute approximate surface area is 193 Å². The molecule has 0 aliphatic rings. The molecule has 3 aromatic carbocycles. The number of rotatable bonds is 8. The van der Waals surface area contributed by atoms with Crippen LogP contribution in [-0.4, -0.2) is 27.6 Å². The molecule has 0 fully saturated rings. The zero-order valence-electron chi connectivity index (χ0n) is 18.1.